The van der Waals surface area contributed by atoms with E-state index in [0.29, 0.717) is 0 Å². The zero-order chi connectivity index (χ0) is 9.97. The van der Waals surface area contributed by atoms with Gasteiger partial charge in [-0.15, -0.1) is 9.78 Å². The van der Waals surface area contributed by atoms with Gasteiger partial charge in [0.15, 0.2) is 5.82 Å². The van der Waals surface area contributed by atoms with E-state index in [1.165, 1.54) is 18.6 Å². The molecule has 0 aromatic carbocycles. The molecule has 0 fully saturated rings. The van der Waals surface area contributed by atoms with E-state index in [4.69, 9.17) is 5.11 Å². The lowest BCUT2D eigenvalue weighted by Crippen LogP contribution is -2.12. The number of aromatic nitrogens is 5. The van der Waals surface area contributed by atoms with Gasteiger partial charge in [-0.05, 0) is 6.07 Å². The first-order valence-corrected chi connectivity index (χ1v) is 3.70. The lowest BCUT2D eigenvalue weighted by atomic mass is 10.4. The third-order valence-electron chi connectivity index (χ3n) is 1.53. The average molecular weight is 191 g/mol. The molecule has 1 N–H and O–H groups in total. The van der Waals surface area contributed by atoms with Crippen molar-refractivity contribution in [2.45, 2.75) is 0 Å². The Morgan fingerprint density at radius 2 is 2.07 bits per heavy atom. The molecule has 70 valence electrons. The Morgan fingerprint density at radius 1 is 1.36 bits per heavy atom. The molecular formula is C7H5N5O2. The minimum Gasteiger partial charge on any atom is -0.463 e. The third-order valence-corrected chi connectivity index (χ3v) is 1.53. The van der Waals surface area contributed by atoms with Crippen LogP contribution in [0.4, 0.5) is 4.79 Å². The second kappa shape index (κ2) is 3.21. The van der Waals surface area contributed by atoms with Crippen LogP contribution in [0, 0.1) is 0 Å². The lowest BCUT2D eigenvalue weighted by molar-refractivity contribution is 0.192. The number of carboxylic acid groups (broad SMARTS) is 1. The molecule has 7 nitrogen and oxygen atoms in total. The molecule has 2 aromatic rings. The van der Waals surface area contributed by atoms with Crippen molar-refractivity contribution >= 4 is 6.09 Å². The molecule has 0 saturated heterocycles. The molecule has 14 heavy (non-hydrogen) atoms. The molecule has 0 aliphatic carbocycles. The Labute approximate surface area is 78.0 Å². The Morgan fingerprint density at radius 3 is 2.71 bits per heavy atom. The highest BCUT2D eigenvalue weighted by Gasteiger charge is 2.13. The molecule has 0 saturated carbocycles. The van der Waals surface area contributed by atoms with Gasteiger partial charge < -0.3 is 5.11 Å². The molecule has 2 heterocycles. The monoisotopic (exact) mass is 191 g/mol. The summed E-state index contributed by atoms with van der Waals surface area (Å²) in [6.07, 6.45) is 3.11. The first kappa shape index (κ1) is 8.30. The van der Waals surface area contributed by atoms with Crippen molar-refractivity contribution in [2.75, 3.05) is 0 Å². The van der Waals surface area contributed by atoms with Crippen LogP contribution < -0.4 is 0 Å². The maximum Gasteiger partial charge on any atom is 0.434 e. The molecule has 2 aromatic heterocycles. The van der Waals surface area contributed by atoms with Crippen LogP contribution in [0.5, 0.6) is 0 Å². The van der Waals surface area contributed by atoms with Crippen LogP contribution >= 0.6 is 0 Å². The van der Waals surface area contributed by atoms with Crippen LogP contribution in [0.3, 0.4) is 0 Å². The Hall–Kier alpha value is -2.31. The summed E-state index contributed by atoms with van der Waals surface area (Å²) in [5.74, 6) is 0.278. The van der Waals surface area contributed by atoms with Crippen LogP contribution in [0.1, 0.15) is 0 Å². The van der Waals surface area contributed by atoms with Crippen LogP contribution in [-0.4, -0.2) is 36.2 Å². The summed E-state index contributed by atoms with van der Waals surface area (Å²) in [6, 6.07) is 1.64. The zero-order valence-electron chi connectivity index (χ0n) is 6.90. The van der Waals surface area contributed by atoms with Gasteiger partial charge >= 0.3 is 6.09 Å². The zero-order valence-corrected chi connectivity index (χ0v) is 6.90. The molecule has 0 spiro atoms. The van der Waals surface area contributed by atoms with Crippen molar-refractivity contribution in [1.82, 2.24) is 25.0 Å². The van der Waals surface area contributed by atoms with Crippen molar-refractivity contribution in [3.05, 3.63) is 24.7 Å². The van der Waals surface area contributed by atoms with Crippen LogP contribution in [0.15, 0.2) is 24.7 Å². The van der Waals surface area contributed by atoms with Gasteiger partial charge in [0.1, 0.15) is 5.69 Å². The first-order chi connectivity index (χ1) is 6.79. The van der Waals surface area contributed by atoms with Crippen molar-refractivity contribution in [3.8, 4) is 11.5 Å². The second-order valence-corrected chi connectivity index (χ2v) is 2.39. The number of rotatable bonds is 1. The lowest BCUT2D eigenvalue weighted by Gasteiger charge is -1.97. The number of hydrogen-bond donors (Lipinski definition) is 1. The van der Waals surface area contributed by atoms with Gasteiger partial charge in [0.2, 0.25) is 0 Å². The van der Waals surface area contributed by atoms with Gasteiger partial charge in [-0.25, -0.2) is 14.8 Å². The van der Waals surface area contributed by atoms with E-state index in [2.05, 4.69) is 20.3 Å². The quantitative estimate of drug-likeness (QED) is 0.694. The van der Waals surface area contributed by atoms with Gasteiger partial charge in [-0.3, -0.25) is 0 Å². The predicted molar refractivity (Wildman–Crippen MR) is 44.5 cm³/mol. The third kappa shape index (κ3) is 1.30. The van der Waals surface area contributed by atoms with Crippen LogP contribution in [0.25, 0.3) is 11.5 Å². The summed E-state index contributed by atoms with van der Waals surface area (Å²) in [4.78, 5) is 18.4. The first-order valence-electron chi connectivity index (χ1n) is 3.70. The van der Waals surface area contributed by atoms with E-state index in [1.807, 2.05) is 0 Å². The standard InChI is InChI=1S/C7H5N5O2/c13-7(14)12-5(4-10-11-12)6-8-2-1-3-9-6/h1-4H,(H,13,14). The van der Waals surface area contributed by atoms with Crippen molar-refractivity contribution in [1.29, 1.82) is 0 Å². The number of nitrogens with zero attached hydrogens (tertiary/aromatic N) is 5. The molecule has 0 bridgehead atoms. The van der Waals surface area contributed by atoms with Gasteiger partial charge in [0.25, 0.3) is 0 Å². The summed E-state index contributed by atoms with van der Waals surface area (Å²) in [5.41, 5.74) is 0.248. The second-order valence-electron chi connectivity index (χ2n) is 2.39. The summed E-state index contributed by atoms with van der Waals surface area (Å²) in [6.45, 7) is 0. The van der Waals surface area contributed by atoms with Crippen LogP contribution in [0.2, 0.25) is 0 Å². The Balaban J connectivity index is 2.52. The molecule has 0 amide bonds. The van der Waals surface area contributed by atoms with E-state index in [0.717, 1.165) is 4.68 Å². The highest BCUT2D eigenvalue weighted by Crippen LogP contribution is 2.10. The van der Waals surface area contributed by atoms with Crippen LogP contribution in [-0.2, 0) is 0 Å². The van der Waals surface area contributed by atoms with E-state index >= 15 is 0 Å². The normalized spacial score (nSPS) is 10.0. The molecule has 7 heteroatoms. The largest absolute Gasteiger partial charge is 0.463 e. The van der Waals surface area contributed by atoms with Gasteiger partial charge in [0.05, 0.1) is 6.20 Å². The number of hydrogen-bond acceptors (Lipinski definition) is 5. The van der Waals surface area contributed by atoms with Gasteiger partial charge in [-0.2, -0.15) is 0 Å². The molecule has 0 unspecified atom stereocenters. The predicted octanol–water partition coefficient (Wildman–Crippen LogP) is 0.261. The van der Waals surface area contributed by atoms with E-state index in [1.54, 1.807) is 6.07 Å². The van der Waals surface area contributed by atoms with Crippen molar-refractivity contribution < 1.29 is 9.90 Å². The van der Waals surface area contributed by atoms with Crippen molar-refractivity contribution in [2.24, 2.45) is 0 Å². The fourth-order valence-corrected chi connectivity index (χ4v) is 0.960. The number of carbonyl (C=O) groups is 1. The Bertz CT molecular complexity index is 452. The molecular weight excluding hydrogens is 186 g/mol. The summed E-state index contributed by atoms with van der Waals surface area (Å²) < 4.78 is 0.718. The topological polar surface area (TPSA) is 93.8 Å². The summed E-state index contributed by atoms with van der Waals surface area (Å²) in [7, 11) is 0. The molecule has 0 atom stereocenters. The maximum atomic E-state index is 10.7. The van der Waals surface area contributed by atoms with Crippen molar-refractivity contribution in [3.63, 3.8) is 0 Å². The molecule has 0 aliphatic rings. The summed E-state index contributed by atoms with van der Waals surface area (Å²) >= 11 is 0. The Kier molecular flexibility index (Phi) is 1.90. The molecule has 0 radical (unpaired) electrons. The SMILES string of the molecule is O=C(O)n1nncc1-c1ncccn1. The van der Waals surface area contributed by atoms with E-state index in [-0.39, 0.29) is 11.5 Å². The van der Waals surface area contributed by atoms with Gasteiger partial charge in [-0.1, -0.05) is 5.21 Å². The average Bonchev–Trinajstić information content (AvgIpc) is 2.67. The van der Waals surface area contributed by atoms with E-state index in [9.17, 15) is 4.79 Å². The minimum atomic E-state index is -1.22. The fraction of sp³-hybridized carbons (Fsp3) is 0. The van der Waals surface area contributed by atoms with E-state index < -0.39 is 6.09 Å². The molecule has 2 rings (SSSR count). The van der Waals surface area contributed by atoms with Gasteiger partial charge in [0, 0.05) is 12.4 Å². The minimum absolute atomic E-state index is 0.248. The highest BCUT2D eigenvalue weighted by molar-refractivity contribution is 5.72. The summed E-state index contributed by atoms with van der Waals surface area (Å²) in [5, 5.41) is 15.6. The smallest absolute Gasteiger partial charge is 0.434 e. The molecule has 0 aliphatic heterocycles. The fourth-order valence-electron chi connectivity index (χ4n) is 0.960. The highest BCUT2D eigenvalue weighted by atomic mass is 16.4. The maximum absolute atomic E-state index is 10.7.